The summed E-state index contributed by atoms with van der Waals surface area (Å²) in [5, 5.41) is 12.1. The fourth-order valence-electron chi connectivity index (χ4n) is 1.80. The number of benzene rings is 2. The molecule has 0 aromatic heterocycles. The monoisotopic (exact) mass is 237 g/mol. The minimum absolute atomic E-state index is 0.506. The van der Waals surface area contributed by atoms with Gasteiger partial charge in [-0.25, -0.2) is 0 Å². The molecule has 0 aliphatic heterocycles. The molecule has 3 nitrogen and oxygen atoms in total. The van der Waals surface area contributed by atoms with Gasteiger partial charge in [0.15, 0.2) is 0 Å². The number of hydrogen-bond donors (Lipinski definition) is 2. The highest BCUT2D eigenvalue weighted by Gasteiger charge is 2.00. The zero-order chi connectivity index (χ0) is 13.0. The van der Waals surface area contributed by atoms with Crippen molar-refractivity contribution in [3.8, 4) is 6.07 Å². The van der Waals surface area contributed by atoms with Crippen LogP contribution in [0.1, 0.15) is 16.7 Å². The van der Waals surface area contributed by atoms with Crippen LogP contribution in [-0.4, -0.2) is 0 Å². The summed E-state index contributed by atoms with van der Waals surface area (Å²) in [6.07, 6.45) is 0. The fourth-order valence-corrected chi connectivity index (χ4v) is 1.80. The van der Waals surface area contributed by atoms with Crippen molar-refractivity contribution in [1.82, 2.24) is 0 Å². The molecule has 0 aliphatic carbocycles. The van der Waals surface area contributed by atoms with E-state index in [0.717, 1.165) is 12.2 Å². The zero-order valence-electron chi connectivity index (χ0n) is 10.3. The van der Waals surface area contributed by atoms with E-state index < -0.39 is 0 Å². The van der Waals surface area contributed by atoms with Crippen LogP contribution in [-0.2, 0) is 6.54 Å². The molecule has 0 spiro atoms. The smallest absolute Gasteiger partial charge is 0.101 e. The number of nitrogen functional groups attached to an aromatic ring is 1. The van der Waals surface area contributed by atoms with Gasteiger partial charge in [0, 0.05) is 12.2 Å². The SMILES string of the molecule is Cc1cccc(CNc2ccc(C#N)c(N)c2)c1. The molecular formula is C15H15N3. The second-order valence-electron chi connectivity index (χ2n) is 4.26. The first-order chi connectivity index (χ1) is 8.69. The number of nitrogens with one attached hydrogen (secondary N) is 1. The third-order valence-corrected chi connectivity index (χ3v) is 2.75. The molecule has 0 fully saturated rings. The molecule has 0 heterocycles. The summed E-state index contributed by atoms with van der Waals surface area (Å²) in [6.45, 7) is 2.82. The number of hydrogen-bond acceptors (Lipinski definition) is 3. The minimum Gasteiger partial charge on any atom is -0.398 e. The van der Waals surface area contributed by atoms with Crippen molar-refractivity contribution >= 4 is 11.4 Å². The summed E-state index contributed by atoms with van der Waals surface area (Å²) < 4.78 is 0. The van der Waals surface area contributed by atoms with Gasteiger partial charge in [-0.1, -0.05) is 29.8 Å². The Labute approximate surface area is 107 Å². The first-order valence-electron chi connectivity index (χ1n) is 5.78. The Kier molecular flexibility index (Phi) is 3.49. The molecule has 0 atom stereocenters. The van der Waals surface area contributed by atoms with Crippen molar-refractivity contribution in [2.75, 3.05) is 11.1 Å². The average molecular weight is 237 g/mol. The Morgan fingerprint density at radius 2 is 2.06 bits per heavy atom. The minimum atomic E-state index is 0.506. The summed E-state index contributed by atoms with van der Waals surface area (Å²) in [4.78, 5) is 0. The summed E-state index contributed by atoms with van der Waals surface area (Å²) in [6, 6.07) is 15.8. The summed E-state index contributed by atoms with van der Waals surface area (Å²) in [7, 11) is 0. The van der Waals surface area contributed by atoms with Crippen molar-refractivity contribution in [2.24, 2.45) is 0 Å². The van der Waals surface area contributed by atoms with Crippen LogP contribution in [0.4, 0.5) is 11.4 Å². The van der Waals surface area contributed by atoms with Crippen molar-refractivity contribution in [1.29, 1.82) is 5.26 Å². The quantitative estimate of drug-likeness (QED) is 0.806. The summed E-state index contributed by atoms with van der Waals surface area (Å²) in [5.41, 5.74) is 10.2. The molecule has 2 rings (SSSR count). The standard InChI is InChI=1S/C15H15N3/c1-11-3-2-4-12(7-11)10-18-14-6-5-13(9-16)15(17)8-14/h2-8,18H,10,17H2,1H3. The number of rotatable bonds is 3. The molecular weight excluding hydrogens is 222 g/mol. The molecule has 0 aliphatic rings. The normalized spacial score (nSPS) is 9.78. The first-order valence-corrected chi connectivity index (χ1v) is 5.78. The predicted octanol–water partition coefficient (Wildman–Crippen LogP) is 3.06. The number of nitrogens with two attached hydrogens (primary N) is 1. The number of nitrogens with zero attached hydrogens (tertiary/aromatic N) is 1. The van der Waals surface area contributed by atoms with E-state index >= 15 is 0 Å². The molecule has 0 bridgehead atoms. The van der Waals surface area contributed by atoms with E-state index in [4.69, 9.17) is 11.0 Å². The van der Waals surface area contributed by atoms with Gasteiger partial charge in [-0.15, -0.1) is 0 Å². The van der Waals surface area contributed by atoms with Gasteiger partial charge >= 0.3 is 0 Å². The number of nitriles is 1. The lowest BCUT2D eigenvalue weighted by molar-refractivity contribution is 1.14. The van der Waals surface area contributed by atoms with Crippen LogP contribution in [0, 0.1) is 18.3 Å². The molecule has 0 saturated heterocycles. The number of anilines is 2. The Bertz CT molecular complexity index is 597. The molecule has 3 N–H and O–H groups in total. The topological polar surface area (TPSA) is 61.8 Å². The lowest BCUT2D eigenvalue weighted by Gasteiger charge is -2.08. The van der Waals surface area contributed by atoms with Gasteiger partial charge in [-0.2, -0.15) is 5.26 Å². The van der Waals surface area contributed by atoms with E-state index in [9.17, 15) is 0 Å². The van der Waals surface area contributed by atoms with Crippen molar-refractivity contribution in [3.05, 3.63) is 59.2 Å². The van der Waals surface area contributed by atoms with Gasteiger partial charge in [0.05, 0.1) is 11.3 Å². The van der Waals surface area contributed by atoms with Gasteiger partial charge in [0.25, 0.3) is 0 Å². The van der Waals surface area contributed by atoms with E-state index in [-0.39, 0.29) is 0 Å². The van der Waals surface area contributed by atoms with Gasteiger partial charge < -0.3 is 11.1 Å². The largest absolute Gasteiger partial charge is 0.398 e. The van der Waals surface area contributed by atoms with Crippen LogP contribution < -0.4 is 11.1 Å². The molecule has 2 aromatic rings. The Morgan fingerprint density at radius 3 is 2.72 bits per heavy atom. The predicted molar refractivity (Wildman–Crippen MR) is 74.1 cm³/mol. The second kappa shape index (κ2) is 5.24. The molecule has 3 heteroatoms. The molecule has 18 heavy (non-hydrogen) atoms. The van der Waals surface area contributed by atoms with Crippen molar-refractivity contribution in [3.63, 3.8) is 0 Å². The maximum atomic E-state index is 8.80. The van der Waals surface area contributed by atoms with Crippen molar-refractivity contribution < 1.29 is 0 Å². The van der Waals surface area contributed by atoms with E-state index in [1.165, 1.54) is 11.1 Å². The highest BCUT2D eigenvalue weighted by atomic mass is 14.9. The average Bonchev–Trinajstić information content (AvgIpc) is 2.37. The highest BCUT2D eigenvalue weighted by Crippen LogP contribution is 2.18. The molecule has 0 unspecified atom stereocenters. The Hall–Kier alpha value is -2.47. The van der Waals surface area contributed by atoms with E-state index in [1.807, 2.05) is 12.1 Å². The van der Waals surface area contributed by atoms with Crippen LogP contribution in [0.15, 0.2) is 42.5 Å². The van der Waals surface area contributed by atoms with E-state index in [1.54, 1.807) is 12.1 Å². The van der Waals surface area contributed by atoms with Crippen molar-refractivity contribution in [2.45, 2.75) is 13.5 Å². The maximum absolute atomic E-state index is 8.80. The molecule has 0 radical (unpaired) electrons. The van der Waals surface area contributed by atoms with E-state index in [0.29, 0.717) is 11.3 Å². The third kappa shape index (κ3) is 2.80. The third-order valence-electron chi connectivity index (χ3n) is 2.75. The lowest BCUT2D eigenvalue weighted by Crippen LogP contribution is -2.01. The summed E-state index contributed by atoms with van der Waals surface area (Å²) in [5.74, 6) is 0. The van der Waals surface area contributed by atoms with Crippen LogP contribution in [0.5, 0.6) is 0 Å². The highest BCUT2D eigenvalue weighted by molar-refractivity contribution is 5.62. The Morgan fingerprint density at radius 1 is 1.22 bits per heavy atom. The second-order valence-corrected chi connectivity index (χ2v) is 4.26. The zero-order valence-corrected chi connectivity index (χ0v) is 10.3. The van der Waals surface area contributed by atoms with E-state index in [2.05, 4.69) is 36.5 Å². The van der Waals surface area contributed by atoms with Crippen LogP contribution >= 0.6 is 0 Å². The summed E-state index contributed by atoms with van der Waals surface area (Å²) >= 11 is 0. The molecule has 2 aromatic carbocycles. The maximum Gasteiger partial charge on any atom is 0.101 e. The van der Waals surface area contributed by atoms with Gasteiger partial charge in [0.2, 0.25) is 0 Å². The molecule has 0 saturated carbocycles. The lowest BCUT2D eigenvalue weighted by atomic mass is 10.1. The first kappa shape index (κ1) is 12.0. The van der Waals surface area contributed by atoms with Crippen LogP contribution in [0.25, 0.3) is 0 Å². The fraction of sp³-hybridized carbons (Fsp3) is 0.133. The Balaban J connectivity index is 2.07. The molecule has 0 amide bonds. The number of aryl methyl sites for hydroxylation is 1. The molecule has 90 valence electrons. The van der Waals surface area contributed by atoms with Gasteiger partial charge in [0.1, 0.15) is 6.07 Å². The van der Waals surface area contributed by atoms with Crippen LogP contribution in [0.3, 0.4) is 0 Å². The van der Waals surface area contributed by atoms with Gasteiger partial charge in [-0.05, 0) is 30.7 Å². The van der Waals surface area contributed by atoms with Gasteiger partial charge in [-0.3, -0.25) is 0 Å². The van der Waals surface area contributed by atoms with Crippen LogP contribution in [0.2, 0.25) is 0 Å².